The molecule has 3 heteroatoms. The molecule has 2 rings (SSSR count). The maximum atomic E-state index is 12.5. The fourth-order valence-corrected chi connectivity index (χ4v) is 3.90. The Hall–Kier alpha value is -2.29. The van der Waals surface area contributed by atoms with Gasteiger partial charge in [0.2, 0.25) is 0 Å². The summed E-state index contributed by atoms with van der Waals surface area (Å²) in [7, 11) is 0. The van der Waals surface area contributed by atoms with E-state index in [1.54, 1.807) is 0 Å². The van der Waals surface area contributed by atoms with E-state index in [-0.39, 0.29) is 12.2 Å². The Bertz CT molecular complexity index is 760. The maximum absolute atomic E-state index is 12.5. The Balaban J connectivity index is 1.93. The van der Waals surface area contributed by atoms with Gasteiger partial charge in [0.15, 0.2) is 0 Å². The van der Waals surface area contributed by atoms with Crippen molar-refractivity contribution in [3.63, 3.8) is 0 Å². The predicted octanol–water partition coefficient (Wildman–Crippen LogP) is 6.63. The zero-order valence-corrected chi connectivity index (χ0v) is 20.0. The highest BCUT2D eigenvalue weighted by atomic mass is 16.5. The van der Waals surface area contributed by atoms with Crippen molar-refractivity contribution < 1.29 is 14.3 Å². The van der Waals surface area contributed by atoms with E-state index >= 15 is 0 Å². The summed E-state index contributed by atoms with van der Waals surface area (Å²) in [6.45, 7) is 16.5. The van der Waals surface area contributed by atoms with E-state index < -0.39 is 0 Å². The molecule has 0 bridgehead atoms. The molecule has 0 heterocycles. The lowest BCUT2D eigenvalue weighted by Crippen LogP contribution is -2.09. The quantitative estimate of drug-likeness (QED) is 0.441. The van der Waals surface area contributed by atoms with Gasteiger partial charge in [-0.15, -0.1) is 0 Å². The standard InChI is InChI=1S/C27H38O3/c1-17(2)29-26-19(5)13-23(14-20(26)6)9-11-25(28)12-10-24-15-21(7)27(22(8)16-24)30-18(3)4/h13-18H,9-12H2,1-8H3. The molecule has 0 aliphatic carbocycles. The van der Waals surface area contributed by atoms with E-state index in [9.17, 15) is 4.79 Å². The van der Waals surface area contributed by atoms with E-state index in [4.69, 9.17) is 9.47 Å². The summed E-state index contributed by atoms with van der Waals surface area (Å²) >= 11 is 0. The van der Waals surface area contributed by atoms with Gasteiger partial charge in [-0.05, 0) is 102 Å². The van der Waals surface area contributed by atoms with Crippen LogP contribution in [0.5, 0.6) is 11.5 Å². The summed E-state index contributed by atoms with van der Waals surface area (Å²) in [5.41, 5.74) is 6.97. The zero-order chi connectivity index (χ0) is 22.4. The Morgan fingerprint density at radius 3 is 1.23 bits per heavy atom. The van der Waals surface area contributed by atoms with Crippen LogP contribution >= 0.6 is 0 Å². The second kappa shape index (κ2) is 10.7. The third kappa shape index (κ3) is 6.90. The van der Waals surface area contributed by atoms with Crippen LogP contribution in [0, 0.1) is 27.7 Å². The van der Waals surface area contributed by atoms with E-state index in [1.807, 2.05) is 27.7 Å². The van der Waals surface area contributed by atoms with Crippen molar-refractivity contribution in [2.75, 3.05) is 0 Å². The second-order valence-corrected chi connectivity index (χ2v) is 8.99. The fourth-order valence-electron chi connectivity index (χ4n) is 3.90. The lowest BCUT2D eigenvalue weighted by Gasteiger charge is -2.17. The maximum Gasteiger partial charge on any atom is 0.133 e. The third-order valence-electron chi connectivity index (χ3n) is 5.13. The summed E-state index contributed by atoms with van der Waals surface area (Å²) in [4.78, 5) is 12.5. The van der Waals surface area contributed by atoms with Crippen LogP contribution in [0.4, 0.5) is 0 Å². The summed E-state index contributed by atoms with van der Waals surface area (Å²) in [5, 5.41) is 0. The molecule has 0 amide bonds. The Morgan fingerprint density at radius 1 is 0.667 bits per heavy atom. The van der Waals surface area contributed by atoms with Crippen LogP contribution in [0.1, 0.15) is 73.9 Å². The van der Waals surface area contributed by atoms with E-state index in [2.05, 4.69) is 52.0 Å². The number of ether oxygens (including phenoxy) is 2. The number of hydrogen-bond acceptors (Lipinski definition) is 3. The van der Waals surface area contributed by atoms with Gasteiger partial charge >= 0.3 is 0 Å². The van der Waals surface area contributed by atoms with Crippen molar-refractivity contribution in [2.24, 2.45) is 0 Å². The van der Waals surface area contributed by atoms with Crippen LogP contribution in [-0.4, -0.2) is 18.0 Å². The second-order valence-electron chi connectivity index (χ2n) is 8.99. The molecular weight excluding hydrogens is 372 g/mol. The molecular formula is C27H38O3. The first-order valence-electron chi connectivity index (χ1n) is 11.1. The van der Waals surface area contributed by atoms with Gasteiger partial charge in [-0.2, -0.15) is 0 Å². The minimum Gasteiger partial charge on any atom is -0.490 e. The molecule has 0 atom stereocenters. The van der Waals surface area contributed by atoms with Crippen molar-refractivity contribution in [1.82, 2.24) is 0 Å². The van der Waals surface area contributed by atoms with Crippen molar-refractivity contribution in [3.05, 3.63) is 57.6 Å². The molecule has 0 saturated carbocycles. The zero-order valence-electron chi connectivity index (χ0n) is 20.0. The molecule has 0 radical (unpaired) electrons. The average molecular weight is 411 g/mol. The molecule has 2 aromatic rings. The van der Waals surface area contributed by atoms with Crippen LogP contribution in [0.3, 0.4) is 0 Å². The number of carbonyl (C=O) groups is 1. The van der Waals surface area contributed by atoms with Gasteiger partial charge in [0.1, 0.15) is 17.3 Å². The van der Waals surface area contributed by atoms with Crippen molar-refractivity contribution >= 4 is 5.78 Å². The SMILES string of the molecule is Cc1cc(CCC(=O)CCc2cc(C)c(OC(C)C)c(C)c2)cc(C)c1OC(C)C. The number of aryl methyl sites for hydroxylation is 6. The van der Waals surface area contributed by atoms with Gasteiger partial charge in [-0.25, -0.2) is 0 Å². The largest absolute Gasteiger partial charge is 0.490 e. The molecule has 164 valence electrons. The number of hydrogen-bond donors (Lipinski definition) is 0. The summed E-state index contributed by atoms with van der Waals surface area (Å²) in [5.74, 6) is 2.25. The van der Waals surface area contributed by atoms with Crippen molar-refractivity contribution in [1.29, 1.82) is 0 Å². The van der Waals surface area contributed by atoms with Crippen LogP contribution in [-0.2, 0) is 17.6 Å². The van der Waals surface area contributed by atoms with Crippen LogP contribution < -0.4 is 9.47 Å². The van der Waals surface area contributed by atoms with Crippen LogP contribution in [0.25, 0.3) is 0 Å². The molecule has 0 fully saturated rings. The Labute approximate surface area is 182 Å². The normalized spacial score (nSPS) is 11.3. The van der Waals surface area contributed by atoms with Gasteiger partial charge in [0.05, 0.1) is 12.2 Å². The predicted molar refractivity (Wildman–Crippen MR) is 125 cm³/mol. The number of Topliss-reactive ketones (excluding diaryl/α,β-unsaturated/α-hetero) is 1. The molecule has 3 nitrogen and oxygen atoms in total. The molecule has 0 saturated heterocycles. The number of carbonyl (C=O) groups excluding carboxylic acids is 1. The smallest absolute Gasteiger partial charge is 0.133 e. The van der Waals surface area contributed by atoms with Crippen LogP contribution in [0.15, 0.2) is 24.3 Å². The van der Waals surface area contributed by atoms with E-state index in [0.29, 0.717) is 18.6 Å². The number of benzene rings is 2. The first kappa shape index (κ1) is 24.0. The van der Waals surface area contributed by atoms with Crippen molar-refractivity contribution in [3.8, 4) is 11.5 Å². The van der Waals surface area contributed by atoms with Crippen LogP contribution in [0.2, 0.25) is 0 Å². The monoisotopic (exact) mass is 410 g/mol. The minimum absolute atomic E-state index is 0.160. The Morgan fingerprint density at radius 2 is 0.967 bits per heavy atom. The molecule has 0 N–H and O–H groups in total. The highest BCUT2D eigenvalue weighted by Gasteiger charge is 2.12. The van der Waals surface area contributed by atoms with E-state index in [1.165, 1.54) is 11.1 Å². The molecule has 0 aliphatic rings. The summed E-state index contributed by atoms with van der Waals surface area (Å²) in [6, 6.07) is 8.60. The lowest BCUT2D eigenvalue weighted by molar-refractivity contribution is -0.119. The van der Waals surface area contributed by atoms with Crippen molar-refractivity contribution in [2.45, 2.75) is 93.3 Å². The molecule has 0 unspecified atom stereocenters. The molecule has 30 heavy (non-hydrogen) atoms. The summed E-state index contributed by atoms with van der Waals surface area (Å²) in [6.07, 6.45) is 3.04. The minimum atomic E-state index is 0.160. The van der Waals surface area contributed by atoms with E-state index in [0.717, 1.165) is 46.6 Å². The fraction of sp³-hybridized carbons (Fsp3) is 0.519. The van der Waals surface area contributed by atoms with Gasteiger partial charge in [-0.1, -0.05) is 24.3 Å². The summed E-state index contributed by atoms with van der Waals surface area (Å²) < 4.78 is 11.8. The van der Waals surface area contributed by atoms with Gasteiger partial charge in [-0.3, -0.25) is 4.79 Å². The average Bonchev–Trinajstić information content (AvgIpc) is 2.64. The molecule has 2 aromatic carbocycles. The van der Waals surface area contributed by atoms with Gasteiger partial charge in [0.25, 0.3) is 0 Å². The first-order valence-corrected chi connectivity index (χ1v) is 11.1. The molecule has 0 spiro atoms. The highest BCUT2D eigenvalue weighted by Crippen LogP contribution is 2.28. The third-order valence-corrected chi connectivity index (χ3v) is 5.13. The number of ketones is 1. The molecule has 0 aromatic heterocycles. The van der Waals surface area contributed by atoms with Gasteiger partial charge < -0.3 is 9.47 Å². The van der Waals surface area contributed by atoms with Gasteiger partial charge in [0, 0.05) is 12.8 Å². The number of rotatable bonds is 10. The lowest BCUT2D eigenvalue weighted by atomic mass is 9.97. The molecule has 0 aliphatic heterocycles. The topological polar surface area (TPSA) is 35.5 Å². The Kier molecular flexibility index (Phi) is 8.52. The highest BCUT2D eigenvalue weighted by molar-refractivity contribution is 5.79. The first-order chi connectivity index (χ1) is 14.1.